The molecule has 0 aliphatic heterocycles. The monoisotopic (exact) mass is 288 g/mol. The molecule has 1 saturated carbocycles. The fourth-order valence-electron chi connectivity index (χ4n) is 3.16. The van der Waals surface area contributed by atoms with Crippen LogP contribution in [-0.4, -0.2) is 19.0 Å². The highest BCUT2D eigenvalue weighted by atomic mass is 16.1. The van der Waals surface area contributed by atoms with Crippen molar-refractivity contribution < 1.29 is 4.79 Å². The van der Waals surface area contributed by atoms with E-state index in [0.29, 0.717) is 11.8 Å². The zero-order valence-electron chi connectivity index (χ0n) is 13.1. The van der Waals surface area contributed by atoms with E-state index < -0.39 is 0 Å². The minimum absolute atomic E-state index is 0.208. The maximum absolute atomic E-state index is 12.2. The highest BCUT2D eigenvalue weighted by Gasteiger charge is 2.25. The van der Waals surface area contributed by atoms with Crippen LogP contribution in [-0.2, 0) is 4.79 Å². The van der Waals surface area contributed by atoms with Gasteiger partial charge in [0.05, 0.1) is 0 Å². The first-order valence-corrected chi connectivity index (χ1v) is 8.23. The van der Waals surface area contributed by atoms with Gasteiger partial charge in [0.1, 0.15) is 0 Å². The predicted molar refractivity (Wildman–Crippen MR) is 87.0 cm³/mol. The number of nitrogens with one attached hydrogen (secondary N) is 1. The third kappa shape index (κ3) is 4.85. The number of rotatable bonds is 6. The number of amides is 1. The summed E-state index contributed by atoms with van der Waals surface area (Å²) in [5.41, 5.74) is 7.04. The summed E-state index contributed by atoms with van der Waals surface area (Å²) in [6.45, 7) is 3.75. The lowest BCUT2D eigenvalue weighted by molar-refractivity contribution is -0.126. The van der Waals surface area contributed by atoms with Gasteiger partial charge in [-0.2, -0.15) is 0 Å². The molecule has 116 valence electrons. The fourth-order valence-corrected chi connectivity index (χ4v) is 3.16. The van der Waals surface area contributed by atoms with Crippen LogP contribution in [0.4, 0.5) is 0 Å². The SMILES string of the molecule is CC(CCNC(=O)C1CCC(CN)CC1)c1ccccc1. The maximum atomic E-state index is 12.2. The first-order chi connectivity index (χ1) is 10.2. The second kappa shape index (κ2) is 8.18. The second-order valence-electron chi connectivity index (χ2n) is 6.34. The van der Waals surface area contributed by atoms with E-state index in [1.54, 1.807) is 0 Å². The van der Waals surface area contributed by atoms with Crippen LogP contribution in [0.25, 0.3) is 0 Å². The van der Waals surface area contributed by atoms with Gasteiger partial charge in [0.2, 0.25) is 5.91 Å². The van der Waals surface area contributed by atoms with Gasteiger partial charge in [-0.1, -0.05) is 37.3 Å². The molecule has 3 nitrogen and oxygen atoms in total. The number of nitrogens with two attached hydrogens (primary N) is 1. The first kappa shape index (κ1) is 16.0. The van der Waals surface area contributed by atoms with E-state index >= 15 is 0 Å². The van der Waals surface area contributed by atoms with Crippen LogP contribution in [0.2, 0.25) is 0 Å². The third-order valence-corrected chi connectivity index (χ3v) is 4.80. The van der Waals surface area contributed by atoms with Gasteiger partial charge in [0.25, 0.3) is 0 Å². The Morgan fingerprint density at radius 1 is 1.24 bits per heavy atom. The molecule has 3 N–H and O–H groups in total. The van der Waals surface area contributed by atoms with E-state index in [2.05, 4.69) is 36.5 Å². The van der Waals surface area contributed by atoms with E-state index in [4.69, 9.17) is 5.73 Å². The molecule has 0 radical (unpaired) electrons. The summed E-state index contributed by atoms with van der Waals surface area (Å²) in [5.74, 6) is 1.57. The van der Waals surface area contributed by atoms with Gasteiger partial charge in [-0.05, 0) is 56.0 Å². The number of carbonyl (C=O) groups is 1. The zero-order valence-corrected chi connectivity index (χ0v) is 13.1. The molecular weight excluding hydrogens is 260 g/mol. The summed E-state index contributed by atoms with van der Waals surface area (Å²) in [4.78, 5) is 12.2. The zero-order chi connectivity index (χ0) is 15.1. The van der Waals surface area contributed by atoms with Crippen molar-refractivity contribution in [1.82, 2.24) is 5.32 Å². The smallest absolute Gasteiger partial charge is 0.223 e. The van der Waals surface area contributed by atoms with Gasteiger partial charge >= 0.3 is 0 Å². The van der Waals surface area contributed by atoms with Gasteiger partial charge in [-0.25, -0.2) is 0 Å². The number of benzene rings is 1. The van der Waals surface area contributed by atoms with Crippen molar-refractivity contribution in [1.29, 1.82) is 0 Å². The Morgan fingerprint density at radius 3 is 2.52 bits per heavy atom. The lowest BCUT2D eigenvalue weighted by Crippen LogP contribution is -2.35. The molecule has 1 unspecified atom stereocenters. The van der Waals surface area contributed by atoms with E-state index in [9.17, 15) is 4.79 Å². The molecular formula is C18H28N2O. The molecule has 0 bridgehead atoms. The van der Waals surface area contributed by atoms with Crippen molar-refractivity contribution >= 4 is 5.91 Å². The predicted octanol–water partition coefficient (Wildman–Crippen LogP) is 3.06. The van der Waals surface area contributed by atoms with E-state index in [-0.39, 0.29) is 11.8 Å². The molecule has 1 atom stereocenters. The summed E-state index contributed by atoms with van der Waals surface area (Å²) in [5, 5.41) is 3.12. The summed E-state index contributed by atoms with van der Waals surface area (Å²) in [6, 6.07) is 10.5. The minimum atomic E-state index is 0.208. The highest BCUT2D eigenvalue weighted by molar-refractivity contribution is 5.78. The topological polar surface area (TPSA) is 55.1 Å². The van der Waals surface area contributed by atoms with Gasteiger partial charge < -0.3 is 11.1 Å². The number of carbonyl (C=O) groups excluding carboxylic acids is 1. The Labute approximate surface area is 128 Å². The van der Waals surface area contributed by atoms with Gasteiger partial charge in [-0.15, -0.1) is 0 Å². The minimum Gasteiger partial charge on any atom is -0.356 e. The van der Waals surface area contributed by atoms with Gasteiger partial charge in [0.15, 0.2) is 0 Å². The molecule has 2 rings (SSSR count). The molecule has 0 spiro atoms. The summed E-state index contributed by atoms with van der Waals surface area (Å²) >= 11 is 0. The van der Waals surface area contributed by atoms with Crippen molar-refractivity contribution in [3.63, 3.8) is 0 Å². The van der Waals surface area contributed by atoms with Crippen molar-refractivity contribution in [2.75, 3.05) is 13.1 Å². The van der Waals surface area contributed by atoms with Crippen molar-refractivity contribution in [3.05, 3.63) is 35.9 Å². The van der Waals surface area contributed by atoms with E-state index in [1.165, 1.54) is 5.56 Å². The Hall–Kier alpha value is -1.35. The molecule has 1 fully saturated rings. The molecule has 1 amide bonds. The normalized spacial score (nSPS) is 23.5. The van der Waals surface area contributed by atoms with Crippen LogP contribution in [0.1, 0.15) is 50.5 Å². The van der Waals surface area contributed by atoms with Crippen LogP contribution < -0.4 is 11.1 Å². The van der Waals surface area contributed by atoms with Crippen LogP contribution in [0.5, 0.6) is 0 Å². The Kier molecular flexibility index (Phi) is 6.24. The average molecular weight is 288 g/mol. The molecule has 1 aliphatic carbocycles. The van der Waals surface area contributed by atoms with Crippen LogP contribution in [0.15, 0.2) is 30.3 Å². The molecule has 0 aromatic heterocycles. The maximum Gasteiger partial charge on any atom is 0.223 e. The third-order valence-electron chi connectivity index (χ3n) is 4.80. The van der Waals surface area contributed by atoms with Gasteiger partial charge in [0, 0.05) is 12.5 Å². The standard InChI is InChI=1S/C18H28N2O/c1-14(16-5-3-2-4-6-16)11-12-20-18(21)17-9-7-15(13-19)8-10-17/h2-6,14-15,17H,7-13,19H2,1H3,(H,20,21). The van der Waals surface area contributed by atoms with E-state index in [1.807, 2.05) is 6.07 Å². The molecule has 21 heavy (non-hydrogen) atoms. The van der Waals surface area contributed by atoms with Crippen LogP contribution in [0, 0.1) is 11.8 Å². The fraction of sp³-hybridized carbons (Fsp3) is 0.611. The summed E-state index contributed by atoms with van der Waals surface area (Å²) < 4.78 is 0. The molecule has 1 aliphatic rings. The largest absolute Gasteiger partial charge is 0.356 e. The van der Waals surface area contributed by atoms with Crippen LogP contribution in [0.3, 0.4) is 0 Å². The number of hydrogen-bond acceptors (Lipinski definition) is 2. The Bertz CT molecular complexity index is 424. The highest BCUT2D eigenvalue weighted by Crippen LogP contribution is 2.28. The second-order valence-corrected chi connectivity index (χ2v) is 6.34. The molecule has 1 aromatic carbocycles. The molecule has 1 aromatic rings. The van der Waals surface area contributed by atoms with Crippen molar-refractivity contribution in [2.24, 2.45) is 17.6 Å². The Balaban J connectivity index is 1.68. The van der Waals surface area contributed by atoms with Gasteiger partial charge in [-0.3, -0.25) is 4.79 Å². The first-order valence-electron chi connectivity index (χ1n) is 8.23. The quantitative estimate of drug-likeness (QED) is 0.845. The molecule has 3 heteroatoms. The van der Waals surface area contributed by atoms with E-state index in [0.717, 1.165) is 45.2 Å². The van der Waals surface area contributed by atoms with Crippen molar-refractivity contribution in [2.45, 2.75) is 44.9 Å². The Morgan fingerprint density at radius 2 is 1.90 bits per heavy atom. The summed E-state index contributed by atoms with van der Waals surface area (Å²) in [6.07, 6.45) is 5.21. The number of hydrogen-bond donors (Lipinski definition) is 2. The summed E-state index contributed by atoms with van der Waals surface area (Å²) in [7, 11) is 0. The lowest BCUT2D eigenvalue weighted by atomic mass is 9.81. The average Bonchev–Trinajstić information content (AvgIpc) is 2.55. The molecule has 0 saturated heterocycles. The molecule has 0 heterocycles. The van der Waals surface area contributed by atoms with Crippen LogP contribution >= 0.6 is 0 Å². The lowest BCUT2D eigenvalue weighted by Gasteiger charge is -2.26. The van der Waals surface area contributed by atoms with Crippen molar-refractivity contribution in [3.8, 4) is 0 Å².